The molecule has 2 heterocycles. The summed E-state index contributed by atoms with van der Waals surface area (Å²) in [5.74, 6) is -0.317. The fourth-order valence-corrected chi connectivity index (χ4v) is 3.67. The van der Waals surface area contributed by atoms with Crippen molar-refractivity contribution in [2.45, 2.75) is 25.0 Å². The maximum absolute atomic E-state index is 13.5. The summed E-state index contributed by atoms with van der Waals surface area (Å²) in [6, 6.07) is 17.2. The highest BCUT2D eigenvalue weighted by Gasteiger charge is 2.47. The van der Waals surface area contributed by atoms with E-state index in [1.807, 2.05) is 54.6 Å². The van der Waals surface area contributed by atoms with Crippen molar-refractivity contribution in [3.8, 4) is 0 Å². The van der Waals surface area contributed by atoms with E-state index in [-0.39, 0.29) is 18.4 Å². The molecule has 128 valence electrons. The monoisotopic (exact) mass is 336 g/mol. The number of nitrogens with one attached hydrogen (secondary N) is 1. The van der Waals surface area contributed by atoms with Crippen molar-refractivity contribution >= 4 is 17.5 Å². The number of rotatable bonds is 2. The van der Waals surface area contributed by atoms with Crippen molar-refractivity contribution < 1.29 is 14.3 Å². The average Bonchev–Trinajstić information content (AvgIpc) is 3.07. The van der Waals surface area contributed by atoms with E-state index in [0.29, 0.717) is 19.6 Å². The molecule has 0 saturated carbocycles. The van der Waals surface area contributed by atoms with Crippen LogP contribution in [0.1, 0.15) is 24.0 Å². The summed E-state index contributed by atoms with van der Waals surface area (Å²) in [7, 11) is 0. The summed E-state index contributed by atoms with van der Waals surface area (Å²) in [4.78, 5) is 27.3. The number of fused-ring (bicyclic) bond motifs is 1. The first kappa shape index (κ1) is 15.8. The van der Waals surface area contributed by atoms with Gasteiger partial charge >= 0.3 is 0 Å². The molecule has 2 aromatic carbocycles. The number of carbonyl (C=O) groups is 2. The van der Waals surface area contributed by atoms with Crippen LogP contribution in [0.3, 0.4) is 0 Å². The zero-order valence-electron chi connectivity index (χ0n) is 13.9. The van der Waals surface area contributed by atoms with Crippen molar-refractivity contribution in [1.29, 1.82) is 0 Å². The Morgan fingerprint density at radius 2 is 1.80 bits per heavy atom. The zero-order chi connectivity index (χ0) is 17.3. The molecule has 2 amide bonds. The second-order valence-corrected chi connectivity index (χ2v) is 6.51. The van der Waals surface area contributed by atoms with Gasteiger partial charge in [0.2, 0.25) is 5.91 Å². The van der Waals surface area contributed by atoms with Gasteiger partial charge < -0.3 is 15.0 Å². The molecule has 4 rings (SSSR count). The summed E-state index contributed by atoms with van der Waals surface area (Å²) in [6.45, 7) is 0.981. The van der Waals surface area contributed by atoms with E-state index in [4.69, 9.17) is 4.74 Å². The molecule has 5 nitrogen and oxygen atoms in total. The van der Waals surface area contributed by atoms with Crippen LogP contribution in [-0.4, -0.2) is 29.9 Å². The van der Waals surface area contributed by atoms with Crippen molar-refractivity contribution in [2.75, 3.05) is 18.5 Å². The van der Waals surface area contributed by atoms with Gasteiger partial charge in [-0.25, -0.2) is 0 Å². The Labute approximate surface area is 146 Å². The van der Waals surface area contributed by atoms with E-state index in [9.17, 15) is 9.59 Å². The minimum absolute atomic E-state index is 0.0332. The summed E-state index contributed by atoms with van der Waals surface area (Å²) < 4.78 is 5.98. The molecule has 2 aliphatic heterocycles. The van der Waals surface area contributed by atoms with E-state index in [1.165, 1.54) is 0 Å². The van der Waals surface area contributed by atoms with Crippen molar-refractivity contribution in [1.82, 2.24) is 4.90 Å². The first-order chi connectivity index (χ1) is 12.2. The Hall–Kier alpha value is -2.66. The van der Waals surface area contributed by atoms with Gasteiger partial charge in [-0.2, -0.15) is 0 Å². The van der Waals surface area contributed by atoms with Crippen molar-refractivity contribution in [3.05, 3.63) is 65.7 Å². The van der Waals surface area contributed by atoms with Crippen LogP contribution in [0, 0.1) is 0 Å². The van der Waals surface area contributed by atoms with Crippen LogP contribution in [0.15, 0.2) is 54.6 Å². The Bertz CT molecular complexity index is 798. The molecule has 5 heteroatoms. The third kappa shape index (κ3) is 2.81. The predicted molar refractivity (Wildman–Crippen MR) is 93.8 cm³/mol. The maximum Gasteiger partial charge on any atom is 0.260 e. The van der Waals surface area contributed by atoms with Crippen LogP contribution in [0.25, 0.3) is 0 Å². The van der Waals surface area contributed by atoms with Crippen molar-refractivity contribution in [2.24, 2.45) is 0 Å². The number of benzene rings is 2. The molecule has 1 fully saturated rings. The number of nitrogens with zero attached hydrogens (tertiary/aromatic N) is 1. The fourth-order valence-electron chi connectivity index (χ4n) is 3.67. The molecule has 2 aromatic rings. The Morgan fingerprint density at radius 3 is 2.56 bits per heavy atom. The number of anilines is 1. The lowest BCUT2D eigenvalue weighted by Gasteiger charge is -2.33. The molecule has 0 unspecified atom stereocenters. The van der Waals surface area contributed by atoms with Crippen LogP contribution in [0.4, 0.5) is 5.69 Å². The number of amides is 2. The molecule has 1 atom stereocenters. The Balaban J connectivity index is 1.70. The van der Waals surface area contributed by atoms with Crippen LogP contribution in [-0.2, 0) is 26.5 Å². The lowest BCUT2D eigenvalue weighted by Crippen LogP contribution is -2.48. The number of ether oxygens (including phenoxy) is 1. The van der Waals surface area contributed by atoms with E-state index in [1.54, 1.807) is 4.90 Å². The summed E-state index contributed by atoms with van der Waals surface area (Å²) in [5.41, 5.74) is 1.57. The molecule has 0 aromatic heterocycles. The summed E-state index contributed by atoms with van der Waals surface area (Å²) >= 11 is 0. The molecule has 0 bridgehead atoms. The highest BCUT2D eigenvalue weighted by atomic mass is 16.5. The number of hydrogen-bond donors (Lipinski definition) is 1. The quantitative estimate of drug-likeness (QED) is 0.917. The molecule has 1 N–H and O–H groups in total. The van der Waals surface area contributed by atoms with Crippen LogP contribution in [0.5, 0.6) is 0 Å². The zero-order valence-corrected chi connectivity index (χ0v) is 13.9. The number of carbonyl (C=O) groups excluding carboxylic acids is 2. The third-order valence-corrected chi connectivity index (χ3v) is 4.88. The Morgan fingerprint density at radius 1 is 1.04 bits per heavy atom. The molecule has 1 saturated heterocycles. The second kappa shape index (κ2) is 6.33. The fraction of sp³-hybridized carbons (Fsp3) is 0.300. The van der Waals surface area contributed by atoms with Gasteiger partial charge in [-0.1, -0.05) is 48.5 Å². The number of para-hydroxylation sites is 1. The molecular weight excluding hydrogens is 316 g/mol. The van der Waals surface area contributed by atoms with E-state index in [0.717, 1.165) is 23.2 Å². The maximum atomic E-state index is 13.5. The van der Waals surface area contributed by atoms with Gasteiger partial charge in [0.05, 0.1) is 0 Å². The standard InChI is InChI=1S/C20H20N2O3/c23-18-14-22(13-15-7-4-5-10-17(15)21-18)19(24)20(11-6-12-25-20)16-8-2-1-3-9-16/h1-5,7-10H,6,11-14H2,(H,21,23)/t20-/m1/s1. The largest absolute Gasteiger partial charge is 0.360 e. The van der Waals surface area contributed by atoms with Gasteiger partial charge in [0.25, 0.3) is 5.91 Å². The second-order valence-electron chi connectivity index (χ2n) is 6.51. The minimum Gasteiger partial charge on any atom is -0.360 e. The lowest BCUT2D eigenvalue weighted by molar-refractivity contribution is -0.156. The van der Waals surface area contributed by atoms with Crippen LogP contribution in [0.2, 0.25) is 0 Å². The summed E-state index contributed by atoms with van der Waals surface area (Å²) in [6.07, 6.45) is 1.47. The highest BCUT2D eigenvalue weighted by molar-refractivity contribution is 5.98. The van der Waals surface area contributed by atoms with Gasteiger partial charge in [0.15, 0.2) is 5.60 Å². The molecule has 25 heavy (non-hydrogen) atoms. The van der Waals surface area contributed by atoms with Gasteiger partial charge in [0, 0.05) is 18.8 Å². The topological polar surface area (TPSA) is 58.6 Å². The van der Waals surface area contributed by atoms with Gasteiger partial charge in [-0.3, -0.25) is 9.59 Å². The smallest absolute Gasteiger partial charge is 0.260 e. The molecule has 0 radical (unpaired) electrons. The molecular formula is C20H20N2O3. The first-order valence-corrected chi connectivity index (χ1v) is 8.56. The summed E-state index contributed by atoms with van der Waals surface area (Å²) in [5, 5.41) is 2.88. The first-order valence-electron chi connectivity index (χ1n) is 8.56. The predicted octanol–water partition coefficient (Wildman–Crippen LogP) is 2.67. The lowest BCUT2D eigenvalue weighted by atomic mass is 9.89. The van der Waals surface area contributed by atoms with E-state index in [2.05, 4.69) is 5.32 Å². The molecule has 0 aliphatic carbocycles. The Kier molecular flexibility index (Phi) is 4.01. The SMILES string of the molecule is O=C1CN(C(=O)[C@]2(c3ccccc3)CCCO2)Cc2ccccc2N1. The molecule has 0 spiro atoms. The van der Waals surface area contributed by atoms with Crippen molar-refractivity contribution in [3.63, 3.8) is 0 Å². The highest BCUT2D eigenvalue weighted by Crippen LogP contribution is 2.38. The average molecular weight is 336 g/mol. The third-order valence-electron chi connectivity index (χ3n) is 4.88. The van der Waals surface area contributed by atoms with E-state index >= 15 is 0 Å². The normalized spacial score (nSPS) is 22.9. The van der Waals surface area contributed by atoms with E-state index < -0.39 is 5.60 Å². The van der Waals surface area contributed by atoms with Crippen LogP contribution >= 0.6 is 0 Å². The van der Waals surface area contributed by atoms with Gasteiger partial charge in [0.1, 0.15) is 6.54 Å². The van der Waals surface area contributed by atoms with Gasteiger partial charge in [-0.15, -0.1) is 0 Å². The minimum atomic E-state index is -0.985. The number of hydrogen-bond acceptors (Lipinski definition) is 3. The van der Waals surface area contributed by atoms with Crippen LogP contribution < -0.4 is 5.32 Å². The van der Waals surface area contributed by atoms with Gasteiger partial charge in [-0.05, 0) is 30.0 Å². The molecule has 2 aliphatic rings.